The SMILES string of the molecule is CC#CCCNCc1ccc(I)cc1. The molecule has 0 atom stereocenters. The average molecular weight is 299 g/mol. The van der Waals surface area contributed by atoms with E-state index in [9.17, 15) is 0 Å². The van der Waals surface area contributed by atoms with Gasteiger partial charge in [-0.15, -0.1) is 11.8 Å². The second-order valence-corrected chi connectivity index (χ2v) is 4.23. The minimum Gasteiger partial charge on any atom is -0.312 e. The Kier molecular flexibility index (Phi) is 5.65. The maximum absolute atomic E-state index is 3.35. The summed E-state index contributed by atoms with van der Waals surface area (Å²) in [4.78, 5) is 0. The van der Waals surface area contributed by atoms with Gasteiger partial charge in [-0.2, -0.15) is 0 Å². The third-order valence-corrected chi connectivity index (χ3v) is 2.57. The van der Waals surface area contributed by atoms with Gasteiger partial charge in [0.2, 0.25) is 0 Å². The van der Waals surface area contributed by atoms with Crippen LogP contribution in [0.1, 0.15) is 18.9 Å². The monoisotopic (exact) mass is 299 g/mol. The molecule has 1 aromatic carbocycles. The number of halogens is 1. The summed E-state index contributed by atoms with van der Waals surface area (Å²) in [5.41, 5.74) is 1.33. The van der Waals surface area contributed by atoms with Gasteiger partial charge in [0.1, 0.15) is 0 Å². The van der Waals surface area contributed by atoms with E-state index in [2.05, 4.69) is 64.0 Å². The predicted molar refractivity (Wildman–Crippen MR) is 68.9 cm³/mol. The summed E-state index contributed by atoms with van der Waals surface area (Å²) in [5.74, 6) is 5.91. The Balaban J connectivity index is 2.23. The molecule has 0 aliphatic rings. The molecule has 0 fully saturated rings. The quantitative estimate of drug-likeness (QED) is 0.512. The maximum atomic E-state index is 3.35. The van der Waals surface area contributed by atoms with Crippen molar-refractivity contribution in [2.75, 3.05) is 6.54 Å². The summed E-state index contributed by atoms with van der Waals surface area (Å²) >= 11 is 2.31. The number of benzene rings is 1. The molecule has 74 valence electrons. The molecule has 0 unspecified atom stereocenters. The summed E-state index contributed by atoms with van der Waals surface area (Å²) in [5, 5.41) is 3.35. The van der Waals surface area contributed by atoms with Gasteiger partial charge in [0.05, 0.1) is 0 Å². The van der Waals surface area contributed by atoms with E-state index in [1.807, 2.05) is 6.92 Å². The molecule has 0 saturated heterocycles. The van der Waals surface area contributed by atoms with Gasteiger partial charge in [-0.1, -0.05) is 12.1 Å². The van der Waals surface area contributed by atoms with E-state index in [1.165, 1.54) is 9.13 Å². The summed E-state index contributed by atoms with van der Waals surface area (Å²) < 4.78 is 1.28. The molecule has 0 saturated carbocycles. The fourth-order valence-electron chi connectivity index (χ4n) is 1.11. The van der Waals surface area contributed by atoms with Gasteiger partial charge in [0.25, 0.3) is 0 Å². The van der Waals surface area contributed by atoms with Gasteiger partial charge in [-0.3, -0.25) is 0 Å². The Morgan fingerprint density at radius 2 is 2.00 bits per heavy atom. The molecule has 1 N–H and O–H groups in total. The lowest BCUT2D eigenvalue weighted by atomic mass is 10.2. The van der Waals surface area contributed by atoms with Crippen LogP contribution < -0.4 is 5.32 Å². The fraction of sp³-hybridized carbons (Fsp3) is 0.333. The van der Waals surface area contributed by atoms with Crippen LogP contribution in [0.5, 0.6) is 0 Å². The second-order valence-electron chi connectivity index (χ2n) is 2.98. The molecule has 0 aliphatic heterocycles. The topological polar surface area (TPSA) is 12.0 Å². The van der Waals surface area contributed by atoms with Crippen LogP contribution in [0.2, 0.25) is 0 Å². The Hall–Kier alpha value is -0.530. The van der Waals surface area contributed by atoms with Crippen LogP contribution in [-0.2, 0) is 6.54 Å². The van der Waals surface area contributed by atoms with Crippen molar-refractivity contribution in [2.45, 2.75) is 19.9 Å². The van der Waals surface area contributed by atoms with Crippen LogP contribution in [0.4, 0.5) is 0 Å². The van der Waals surface area contributed by atoms with Gasteiger partial charge in [0.15, 0.2) is 0 Å². The lowest BCUT2D eigenvalue weighted by Gasteiger charge is -2.02. The summed E-state index contributed by atoms with van der Waals surface area (Å²) in [7, 11) is 0. The fourth-order valence-corrected chi connectivity index (χ4v) is 1.47. The van der Waals surface area contributed by atoms with E-state index in [0.29, 0.717) is 0 Å². The first-order chi connectivity index (χ1) is 6.83. The van der Waals surface area contributed by atoms with Crippen LogP contribution in [0.15, 0.2) is 24.3 Å². The Morgan fingerprint density at radius 1 is 1.29 bits per heavy atom. The highest BCUT2D eigenvalue weighted by atomic mass is 127. The van der Waals surface area contributed by atoms with Crippen molar-refractivity contribution in [3.63, 3.8) is 0 Å². The third kappa shape index (κ3) is 4.64. The minimum atomic E-state index is 0.931. The normalized spacial score (nSPS) is 9.29. The van der Waals surface area contributed by atoms with E-state index >= 15 is 0 Å². The standard InChI is InChI=1S/C12H14IN/c1-2-3-4-9-14-10-11-5-7-12(13)8-6-11/h5-8,14H,4,9-10H2,1H3. The van der Waals surface area contributed by atoms with Gasteiger partial charge in [0, 0.05) is 23.1 Å². The van der Waals surface area contributed by atoms with Crippen molar-refractivity contribution in [3.05, 3.63) is 33.4 Å². The first-order valence-electron chi connectivity index (χ1n) is 4.67. The molecular weight excluding hydrogens is 285 g/mol. The molecular formula is C12H14IN. The minimum absolute atomic E-state index is 0.931. The first kappa shape index (κ1) is 11.5. The van der Waals surface area contributed by atoms with Crippen molar-refractivity contribution in [3.8, 4) is 11.8 Å². The van der Waals surface area contributed by atoms with Crippen molar-refractivity contribution in [2.24, 2.45) is 0 Å². The van der Waals surface area contributed by atoms with Crippen molar-refractivity contribution >= 4 is 22.6 Å². The zero-order valence-corrected chi connectivity index (χ0v) is 10.5. The number of hydrogen-bond donors (Lipinski definition) is 1. The van der Waals surface area contributed by atoms with E-state index in [1.54, 1.807) is 0 Å². The molecule has 1 nitrogen and oxygen atoms in total. The molecule has 2 heteroatoms. The van der Waals surface area contributed by atoms with Crippen LogP contribution in [0.3, 0.4) is 0 Å². The van der Waals surface area contributed by atoms with Gasteiger partial charge < -0.3 is 5.32 Å². The Bertz CT molecular complexity index is 318. The van der Waals surface area contributed by atoms with Crippen molar-refractivity contribution in [1.82, 2.24) is 5.32 Å². The van der Waals surface area contributed by atoms with E-state index in [4.69, 9.17) is 0 Å². The maximum Gasteiger partial charge on any atom is 0.0214 e. The third-order valence-electron chi connectivity index (χ3n) is 1.85. The Morgan fingerprint density at radius 3 is 2.64 bits per heavy atom. The zero-order valence-electron chi connectivity index (χ0n) is 8.31. The van der Waals surface area contributed by atoms with Gasteiger partial charge >= 0.3 is 0 Å². The van der Waals surface area contributed by atoms with Crippen LogP contribution in [0, 0.1) is 15.4 Å². The highest BCUT2D eigenvalue weighted by Crippen LogP contribution is 2.06. The second kappa shape index (κ2) is 6.86. The molecule has 1 aromatic rings. The molecule has 0 aliphatic carbocycles. The highest BCUT2D eigenvalue weighted by Gasteiger charge is 1.91. The summed E-state index contributed by atoms with van der Waals surface area (Å²) in [6, 6.07) is 8.56. The van der Waals surface area contributed by atoms with Crippen molar-refractivity contribution < 1.29 is 0 Å². The van der Waals surface area contributed by atoms with E-state index in [0.717, 1.165) is 19.5 Å². The Labute approximate surface area is 99.4 Å². The smallest absolute Gasteiger partial charge is 0.0214 e. The molecule has 1 rings (SSSR count). The molecule has 0 spiro atoms. The molecule has 0 amide bonds. The lowest BCUT2D eigenvalue weighted by Crippen LogP contribution is -2.13. The highest BCUT2D eigenvalue weighted by molar-refractivity contribution is 14.1. The number of hydrogen-bond acceptors (Lipinski definition) is 1. The lowest BCUT2D eigenvalue weighted by molar-refractivity contribution is 0.701. The largest absolute Gasteiger partial charge is 0.312 e. The number of rotatable bonds is 4. The predicted octanol–water partition coefficient (Wildman–Crippen LogP) is 2.79. The summed E-state index contributed by atoms with van der Waals surface area (Å²) in [6.45, 7) is 3.77. The molecule has 14 heavy (non-hydrogen) atoms. The van der Waals surface area contributed by atoms with Crippen LogP contribution in [-0.4, -0.2) is 6.54 Å². The molecule has 0 aromatic heterocycles. The van der Waals surface area contributed by atoms with E-state index in [-0.39, 0.29) is 0 Å². The van der Waals surface area contributed by atoms with E-state index < -0.39 is 0 Å². The molecule has 0 bridgehead atoms. The zero-order chi connectivity index (χ0) is 10.2. The van der Waals surface area contributed by atoms with Gasteiger partial charge in [-0.05, 0) is 47.2 Å². The van der Waals surface area contributed by atoms with Crippen molar-refractivity contribution in [1.29, 1.82) is 0 Å². The average Bonchev–Trinajstić information content (AvgIpc) is 2.21. The van der Waals surface area contributed by atoms with Crippen LogP contribution in [0.25, 0.3) is 0 Å². The summed E-state index contributed by atoms with van der Waals surface area (Å²) in [6.07, 6.45) is 0.931. The van der Waals surface area contributed by atoms with Crippen LogP contribution >= 0.6 is 22.6 Å². The molecule has 0 radical (unpaired) electrons. The van der Waals surface area contributed by atoms with Gasteiger partial charge in [-0.25, -0.2) is 0 Å². The molecule has 0 heterocycles. The number of nitrogens with one attached hydrogen (secondary N) is 1. The first-order valence-corrected chi connectivity index (χ1v) is 5.75.